The predicted octanol–water partition coefficient (Wildman–Crippen LogP) is 1.78. The van der Waals surface area contributed by atoms with Gasteiger partial charge in [0.15, 0.2) is 0 Å². The van der Waals surface area contributed by atoms with Crippen molar-refractivity contribution < 1.29 is 13.2 Å². The summed E-state index contributed by atoms with van der Waals surface area (Å²) >= 11 is 6.73. The summed E-state index contributed by atoms with van der Waals surface area (Å²) in [6, 6.07) is 0. The van der Waals surface area contributed by atoms with Crippen LogP contribution in [-0.2, 0) is 6.54 Å². The number of hydrogen-bond donors (Lipinski definition) is 1. The molecule has 0 amide bonds. The van der Waals surface area contributed by atoms with Crippen molar-refractivity contribution in [3.8, 4) is 0 Å². The van der Waals surface area contributed by atoms with E-state index in [0.29, 0.717) is 16.6 Å². The van der Waals surface area contributed by atoms with Crippen LogP contribution in [0.5, 0.6) is 0 Å². The number of hydrogen-bond acceptors (Lipinski definition) is 5. The maximum Gasteiger partial charge on any atom is 0.401 e. The van der Waals surface area contributed by atoms with E-state index in [0.717, 1.165) is 11.5 Å². The van der Waals surface area contributed by atoms with Gasteiger partial charge in [-0.25, -0.2) is 0 Å². The molecule has 0 aliphatic heterocycles. The van der Waals surface area contributed by atoms with Gasteiger partial charge in [-0.05, 0) is 7.05 Å². The van der Waals surface area contributed by atoms with Gasteiger partial charge in [0, 0.05) is 31.2 Å². The molecule has 0 saturated heterocycles. The van der Waals surface area contributed by atoms with E-state index in [1.807, 2.05) is 0 Å². The zero-order chi connectivity index (χ0) is 12.9. The van der Waals surface area contributed by atoms with Gasteiger partial charge < -0.3 is 5.32 Å². The van der Waals surface area contributed by atoms with E-state index in [9.17, 15) is 13.2 Å². The first-order chi connectivity index (χ1) is 7.92. The number of nitrogens with one attached hydrogen (secondary N) is 1. The highest BCUT2D eigenvalue weighted by Gasteiger charge is 2.31. The molecule has 0 radical (unpaired) electrons. The van der Waals surface area contributed by atoms with Crippen LogP contribution >= 0.6 is 23.1 Å². The van der Waals surface area contributed by atoms with E-state index >= 15 is 0 Å². The summed E-state index contributed by atoms with van der Waals surface area (Å²) < 4.78 is 40.9. The van der Waals surface area contributed by atoms with Gasteiger partial charge in [0.25, 0.3) is 0 Å². The number of halogens is 4. The standard InChI is InChI=1S/C8H12ClF3N4S/c1-13-2-3-16(5-8(10,11)12)4-6-7(9)17-15-14-6/h13H,2-5H2,1H3. The van der Waals surface area contributed by atoms with Gasteiger partial charge in [0.2, 0.25) is 0 Å². The Bertz CT molecular complexity index is 344. The predicted molar refractivity (Wildman–Crippen MR) is 60.2 cm³/mol. The monoisotopic (exact) mass is 288 g/mol. The van der Waals surface area contributed by atoms with Crippen LogP contribution in [0, 0.1) is 0 Å². The van der Waals surface area contributed by atoms with Crippen LogP contribution < -0.4 is 5.32 Å². The normalized spacial score (nSPS) is 12.4. The van der Waals surface area contributed by atoms with E-state index in [4.69, 9.17) is 11.6 Å². The lowest BCUT2D eigenvalue weighted by Gasteiger charge is -2.22. The summed E-state index contributed by atoms with van der Waals surface area (Å²) in [5.41, 5.74) is 0.386. The fourth-order valence-corrected chi connectivity index (χ4v) is 1.85. The number of rotatable bonds is 6. The van der Waals surface area contributed by atoms with Crippen LogP contribution in [0.4, 0.5) is 13.2 Å². The molecule has 1 rings (SSSR count). The molecule has 0 atom stereocenters. The van der Waals surface area contributed by atoms with Gasteiger partial charge in [0.05, 0.1) is 6.54 Å². The quantitative estimate of drug-likeness (QED) is 0.866. The van der Waals surface area contributed by atoms with Gasteiger partial charge in [-0.1, -0.05) is 16.1 Å². The molecule has 0 aromatic carbocycles. The minimum Gasteiger partial charge on any atom is -0.318 e. The van der Waals surface area contributed by atoms with Gasteiger partial charge in [-0.2, -0.15) is 13.2 Å². The zero-order valence-electron chi connectivity index (χ0n) is 9.09. The molecular weight excluding hydrogens is 277 g/mol. The molecule has 17 heavy (non-hydrogen) atoms. The second-order valence-corrected chi connectivity index (χ2v) is 4.78. The van der Waals surface area contributed by atoms with Gasteiger partial charge in [-0.15, -0.1) is 5.10 Å². The summed E-state index contributed by atoms with van der Waals surface area (Å²) in [4.78, 5) is 1.24. The molecule has 0 aliphatic carbocycles. The van der Waals surface area contributed by atoms with Crippen LogP contribution in [0.1, 0.15) is 5.69 Å². The molecule has 9 heteroatoms. The van der Waals surface area contributed by atoms with Crippen LogP contribution in [0.2, 0.25) is 4.34 Å². The molecule has 1 heterocycles. The summed E-state index contributed by atoms with van der Waals surface area (Å²) in [5, 5.41) is 6.50. The maximum atomic E-state index is 12.3. The second kappa shape index (κ2) is 6.48. The lowest BCUT2D eigenvalue weighted by molar-refractivity contribution is -0.147. The third kappa shape index (κ3) is 5.62. The SMILES string of the molecule is CNCCN(Cc1nnsc1Cl)CC(F)(F)F. The Hall–Kier alpha value is -0.440. The Morgan fingerprint density at radius 2 is 2.18 bits per heavy atom. The Balaban J connectivity index is 2.60. The molecule has 98 valence electrons. The van der Waals surface area contributed by atoms with E-state index in [-0.39, 0.29) is 13.1 Å². The molecule has 1 aromatic rings. The Morgan fingerprint density at radius 1 is 1.47 bits per heavy atom. The molecule has 0 fully saturated rings. The van der Waals surface area contributed by atoms with E-state index < -0.39 is 12.7 Å². The molecule has 1 aromatic heterocycles. The summed E-state index contributed by atoms with van der Waals surface area (Å²) in [5.74, 6) is 0. The molecule has 0 spiro atoms. The Morgan fingerprint density at radius 3 is 2.65 bits per heavy atom. The zero-order valence-corrected chi connectivity index (χ0v) is 10.7. The van der Waals surface area contributed by atoms with Crippen LogP contribution in [-0.4, -0.2) is 47.3 Å². The number of likely N-dealkylation sites (N-methyl/N-ethyl adjacent to an activating group) is 1. The lowest BCUT2D eigenvalue weighted by Crippen LogP contribution is -2.37. The fraction of sp³-hybridized carbons (Fsp3) is 0.750. The number of alkyl halides is 3. The number of nitrogens with zero attached hydrogens (tertiary/aromatic N) is 3. The van der Waals surface area contributed by atoms with Crippen molar-refractivity contribution >= 4 is 23.1 Å². The van der Waals surface area contributed by atoms with Crippen molar-refractivity contribution in [2.75, 3.05) is 26.7 Å². The smallest absolute Gasteiger partial charge is 0.318 e. The molecule has 0 bridgehead atoms. The molecular formula is C8H12ClF3N4S. The third-order valence-corrected chi connectivity index (χ3v) is 2.95. The molecule has 0 aliphatic rings. The first kappa shape index (κ1) is 14.6. The average molecular weight is 289 g/mol. The topological polar surface area (TPSA) is 41.0 Å². The summed E-state index contributed by atoms with van der Waals surface area (Å²) in [6.45, 7) is -0.200. The summed E-state index contributed by atoms with van der Waals surface area (Å²) in [7, 11) is 1.68. The maximum absolute atomic E-state index is 12.3. The first-order valence-electron chi connectivity index (χ1n) is 4.83. The lowest BCUT2D eigenvalue weighted by atomic mass is 10.4. The fourth-order valence-electron chi connectivity index (χ4n) is 1.24. The van der Waals surface area contributed by atoms with Crippen LogP contribution in [0.3, 0.4) is 0 Å². The Kier molecular flexibility index (Phi) is 5.57. The number of aromatic nitrogens is 2. The van der Waals surface area contributed by atoms with E-state index in [2.05, 4.69) is 14.9 Å². The second-order valence-electron chi connectivity index (χ2n) is 3.42. The van der Waals surface area contributed by atoms with Crippen molar-refractivity contribution in [3.05, 3.63) is 10.0 Å². The van der Waals surface area contributed by atoms with Gasteiger partial charge in [0.1, 0.15) is 10.0 Å². The molecule has 4 nitrogen and oxygen atoms in total. The van der Waals surface area contributed by atoms with Crippen molar-refractivity contribution in [2.24, 2.45) is 0 Å². The van der Waals surface area contributed by atoms with Crippen LogP contribution in [0.25, 0.3) is 0 Å². The average Bonchev–Trinajstić information content (AvgIpc) is 2.59. The molecule has 0 saturated carbocycles. The molecule has 1 N–H and O–H groups in total. The third-order valence-electron chi connectivity index (χ3n) is 1.96. The highest BCUT2D eigenvalue weighted by Crippen LogP contribution is 2.21. The van der Waals surface area contributed by atoms with Crippen molar-refractivity contribution in [1.29, 1.82) is 0 Å². The van der Waals surface area contributed by atoms with Gasteiger partial charge in [-0.3, -0.25) is 4.90 Å². The van der Waals surface area contributed by atoms with Crippen molar-refractivity contribution in [1.82, 2.24) is 19.8 Å². The van der Waals surface area contributed by atoms with Gasteiger partial charge >= 0.3 is 6.18 Å². The van der Waals surface area contributed by atoms with Crippen molar-refractivity contribution in [2.45, 2.75) is 12.7 Å². The minimum absolute atomic E-state index is 0.0521. The molecule has 0 unspecified atom stereocenters. The summed E-state index contributed by atoms with van der Waals surface area (Å²) in [6.07, 6.45) is -4.23. The van der Waals surface area contributed by atoms with E-state index in [1.165, 1.54) is 4.90 Å². The van der Waals surface area contributed by atoms with E-state index in [1.54, 1.807) is 7.05 Å². The highest BCUT2D eigenvalue weighted by atomic mass is 35.5. The highest BCUT2D eigenvalue weighted by molar-refractivity contribution is 7.10. The minimum atomic E-state index is -4.23. The van der Waals surface area contributed by atoms with Crippen molar-refractivity contribution in [3.63, 3.8) is 0 Å². The first-order valence-corrected chi connectivity index (χ1v) is 5.98. The largest absolute Gasteiger partial charge is 0.401 e. The Labute approximate surface area is 106 Å². The van der Waals surface area contributed by atoms with Crippen LogP contribution in [0.15, 0.2) is 0 Å².